The van der Waals surface area contributed by atoms with Crippen molar-refractivity contribution in [1.29, 1.82) is 0 Å². The lowest BCUT2D eigenvalue weighted by Gasteiger charge is -2.15. The first kappa shape index (κ1) is 22.3. The van der Waals surface area contributed by atoms with E-state index in [-0.39, 0.29) is 10.8 Å². The van der Waals surface area contributed by atoms with Crippen molar-refractivity contribution < 1.29 is 17.9 Å². The molecule has 0 saturated heterocycles. The van der Waals surface area contributed by atoms with Crippen LogP contribution in [0.15, 0.2) is 62.9 Å². The lowest BCUT2D eigenvalue weighted by atomic mass is 10.2. The van der Waals surface area contributed by atoms with E-state index < -0.39 is 16.1 Å². The fraction of sp³-hybridized carbons (Fsp3) is 0.333. The normalized spacial score (nSPS) is 15.5. The third-order valence-electron chi connectivity index (χ3n) is 4.53. The second kappa shape index (κ2) is 10.1. The molecule has 3 rings (SSSR count). The summed E-state index contributed by atoms with van der Waals surface area (Å²) in [4.78, 5) is 16.8. The molecule has 0 aliphatic carbocycles. The number of nitrogens with one attached hydrogen (secondary N) is 2. The summed E-state index contributed by atoms with van der Waals surface area (Å²) >= 11 is 3.35. The van der Waals surface area contributed by atoms with Crippen molar-refractivity contribution in [3.05, 3.63) is 53.0 Å². The number of anilines is 1. The summed E-state index contributed by atoms with van der Waals surface area (Å²) in [5.41, 5.74) is 0.372. The maximum absolute atomic E-state index is 12.7. The zero-order chi connectivity index (χ0) is 21.6. The smallest absolute Gasteiger partial charge is 0.265 e. The lowest BCUT2D eigenvalue weighted by Crippen LogP contribution is -2.31. The Morgan fingerprint density at radius 2 is 1.90 bits per heavy atom. The molecule has 1 aliphatic rings. The van der Waals surface area contributed by atoms with Crippen LogP contribution in [0.1, 0.15) is 32.6 Å². The molecule has 0 aromatic heterocycles. The highest BCUT2D eigenvalue weighted by atomic mass is 79.9. The number of benzene rings is 2. The largest absolute Gasteiger partial charge is 0.481 e. The predicted octanol–water partition coefficient (Wildman–Crippen LogP) is 4.11. The Hall–Kier alpha value is -2.39. The Morgan fingerprint density at radius 1 is 1.13 bits per heavy atom. The van der Waals surface area contributed by atoms with Gasteiger partial charge < -0.3 is 10.1 Å². The van der Waals surface area contributed by atoms with Gasteiger partial charge in [0.15, 0.2) is 6.10 Å². The van der Waals surface area contributed by atoms with Gasteiger partial charge in [-0.25, -0.2) is 8.42 Å². The van der Waals surface area contributed by atoms with Crippen LogP contribution >= 0.6 is 15.9 Å². The standard InChI is InChI=1S/C21H24BrN3O4S/c1-15(29-18-11-9-16(22)10-12-18)21(26)24-17-6-5-7-19(14-17)30(27,28)25-20-8-3-2-4-13-23-20/h5-7,9-12,14-15H,2-4,8,13H2,1H3,(H,23,25)(H,24,26). The predicted molar refractivity (Wildman–Crippen MR) is 120 cm³/mol. The van der Waals surface area contributed by atoms with E-state index in [1.165, 1.54) is 12.1 Å². The number of halogens is 1. The third-order valence-corrected chi connectivity index (χ3v) is 6.44. The molecule has 1 aliphatic heterocycles. The first-order chi connectivity index (χ1) is 14.3. The number of nitrogens with zero attached hydrogens (tertiary/aromatic N) is 1. The molecule has 160 valence electrons. The van der Waals surface area contributed by atoms with Crippen LogP contribution in [0.3, 0.4) is 0 Å². The van der Waals surface area contributed by atoms with Crippen molar-refractivity contribution >= 4 is 43.4 Å². The first-order valence-corrected chi connectivity index (χ1v) is 12.0. The summed E-state index contributed by atoms with van der Waals surface area (Å²) in [6, 6.07) is 13.3. The Bertz CT molecular complexity index is 1020. The van der Waals surface area contributed by atoms with Crippen molar-refractivity contribution in [2.24, 2.45) is 4.99 Å². The van der Waals surface area contributed by atoms with Crippen molar-refractivity contribution in [2.75, 3.05) is 11.9 Å². The molecule has 0 fully saturated rings. The van der Waals surface area contributed by atoms with Crippen molar-refractivity contribution in [2.45, 2.75) is 43.6 Å². The van der Waals surface area contributed by atoms with E-state index in [0.29, 0.717) is 30.2 Å². The SMILES string of the molecule is CC(Oc1ccc(Br)cc1)C(=O)Nc1cccc(S(=O)(=O)NC2=NCCCCC2)c1. The van der Waals surface area contributed by atoms with E-state index in [9.17, 15) is 13.2 Å². The maximum Gasteiger partial charge on any atom is 0.265 e. The molecule has 0 bridgehead atoms. The molecule has 1 heterocycles. The lowest BCUT2D eigenvalue weighted by molar-refractivity contribution is -0.122. The van der Waals surface area contributed by atoms with Crippen LogP contribution in [0.2, 0.25) is 0 Å². The highest BCUT2D eigenvalue weighted by Crippen LogP contribution is 2.19. The van der Waals surface area contributed by atoms with Crippen LogP contribution in [-0.2, 0) is 14.8 Å². The second-order valence-corrected chi connectivity index (χ2v) is 9.57. The molecule has 1 amide bonds. The van der Waals surface area contributed by atoms with Gasteiger partial charge in [-0.3, -0.25) is 14.5 Å². The van der Waals surface area contributed by atoms with Gasteiger partial charge >= 0.3 is 0 Å². The molecule has 7 nitrogen and oxygen atoms in total. The van der Waals surface area contributed by atoms with E-state index >= 15 is 0 Å². The molecular weight excluding hydrogens is 470 g/mol. The summed E-state index contributed by atoms with van der Waals surface area (Å²) in [5, 5.41) is 2.70. The van der Waals surface area contributed by atoms with Gasteiger partial charge in [-0.2, -0.15) is 0 Å². The highest BCUT2D eigenvalue weighted by molar-refractivity contribution is 9.10. The maximum atomic E-state index is 12.7. The number of carbonyl (C=O) groups excluding carboxylic acids is 1. The molecule has 1 unspecified atom stereocenters. The van der Waals surface area contributed by atoms with Gasteiger partial charge in [0, 0.05) is 23.1 Å². The van der Waals surface area contributed by atoms with Crippen LogP contribution < -0.4 is 14.8 Å². The molecule has 0 radical (unpaired) electrons. The minimum absolute atomic E-state index is 0.0636. The molecule has 2 aromatic carbocycles. The number of rotatable bonds is 6. The number of ether oxygens (including phenoxy) is 1. The van der Waals surface area contributed by atoms with Gasteiger partial charge in [-0.15, -0.1) is 0 Å². The van der Waals surface area contributed by atoms with Crippen LogP contribution in [0.25, 0.3) is 0 Å². The number of sulfonamides is 1. The van der Waals surface area contributed by atoms with E-state index in [1.54, 1.807) is 31.2 Å². The molecule has 2 aromatic rings. The van der Waals surface area contributed by atoms with E-state index in [0.717, 1.165) is 23.7 Å². The van der Waals surface area contributed by atoms with E-state index in [1.807, 2.05) is 12.1 Å². The van der Waals surface area contributed by atoms with Crippen LogP contribution in [0.4, 0.5) is 5.69 Å². The molecule has 1 atom stereocenters. The first-order valence-electron chi connectivity index (χ1n) is 9.73. The topological polar surface area (TPSA) is 96.9 Å². The van der Waals surface area contributed by atoms with Crippen LogP contribution in [-0.4, -0.2) is 32.8 Å². The third kappa shape index (κ3) is 6.30. The number of amidine groups is 1. The van der Waals surface area contributed by atoms with Gasteiger partial charge in [-0.1, -0.05) is 28.4 Å². The molecule has 9 heteroatoms. The van der Waals surface area contributed by atoms with E-state index in [4.69, 9.17) is 4.74 Å². The molecule has 2 N–H and O–H groups in total. The number of amides is 1. The molecule has 0 saturated carbocycles. The second-order valence-electron chi connectivity index (χ2n) is 6.98. The summed E-state index contributed by atoms with van der Waals surface area (Å²) in [7, 11) is -3.78. The minimum Gasteiger partial charge on any atom is -0.481 e. The Morgan fingerprint density at radius 3 is 2.67 bits per heavy atom. The van der Waals surface area contributed by atoms with Gasteiger partial charge in [0.2, 0.25) is 0 Å². The average Bonchev–Trinajstić information content (AvgIpc) is 2.98. The summed E-state index contributed by atoms with van der Waals surface area (Å²) in [6.07, 6.45) is 2.77. The van der Waals surface area contributed by atoms with E-state index in [2.05, 4.69) is 31.0 Å². The van der Waals surface area contributed by atoms with Gasteiger partial charge in [0.1, 0.15) is 11.6 Å². The summed E-state index contributed by atoms with van der Waals surface area (Å²) in [5.74, 6) is 0.664. The van der Waals surface area contributed by atoms with Crippen molar-refractivity contribution in [3.8, 4) is 5.75 Å². The van der Waals surface area contributed by atoms with Crippen LogP contribution in [0.5, 0.6) is 5.75 Å². The zero-order valence-corrected chi connectivity index (χ0v) is 19.0. The molecular formula is C21H24BrN3O4S. The average molecular weight is 494 g/mol. The minimum atomic E-state index is -3.78. The van der Waals surface area contributed by atoms with Gasteiger partial charge in [0.25, 0.3) is 15.9 Å². The Labute approximate surface area is 185 Å². The molecule has 30 heavy (non-hydrogen) atoms. The zero-order valence-electron chi connectivity index (χ0n) is 16.6. The Balaban J connectivity index is 1.66. The monoisotopic (exact) mass is 493 g/mol. The fourth-order valence-corrected chi connectivity index (χ4v) is 4.33. The van der Waals surface area contributed by atoms with Crippen molar-refractivity contribution in [3.63, 3.8) is 0 Å². The van der Waals surface area contributed by atoms with Gasteiger partial charge in [-0.05, 0) is 62.2 Å². The number of aliphatic imine (C=N–C) groups is 1. The Kier molecular flexibility index (Phi) is 7.49. The number of carbonyl (C=O) groups is 1. The number of hydrogen-bond acceptors (Lipinski definition) is 5. The highest BCUT2D eigenvalue weighted by Gasteiger charge is 2.19. The fourth-order valence-electron chi connectivity index (χ4n) is 2.93. The molecule has 0 spiro atoms. The van der Waals surface area contributed by atoms with Crippen LogP contribution in [0, 0.1) is 0 Å². The summed E-state index contributed by atoms with van der Waals surface area (Å²) in [6.45, 7) is 2.26. The number of hydrogen-bond donors (Lipinski definition) is 2. The summed E-state index contributed by atoms with van der Waals surface area (Å²) < 4.78 is 34.6. The quantitative estimate of drug-likeness (QED) is 0.632. The van der Waals surface area contributed by atoms with Gasteiger partial charge in [0.05, 0.1) is 4.90 Å². The van der Waals surface area contributed by atoms with Crippen molar-refractivity contribution in [1.82, 2.24) is 4.72 Å².